The number of carbonyl (C=O) groups is 3. The van der Waals surface area contributed by atoms with E-state index >= 15 is 0 Å². The number of hydrogen-bond donors (Lipinski definition) is 12. The number of rotatable bonds is 15. The minimum atomic E-state index is -2.12. The van der Waals surface area contributed by atoms with Gasteiger partial charge in [-0.25, -0.2) is 9.59 Å². The summed E-state index contributed by atoms with van der Waals surface area (Å²) >= 11 is 0. The molecule has 3 saturated heterocycles. The van der Waals surface area contributed by atoms with Crippen molar-refractivity contribution in [2.45, 2.75) is 238 Å². The lowest BCUT2D eigenvalue weighted by Crippen LogP contribution is -2.76. The van der Waals surface area contributed by atoms with Crippen molar-refractivity contribution in [2.75, 3.05) is 19.8 Å². The smallest absolute Gasteiger partial charge is 0.335 e. The average molecular weight is 1140 g/mol. The highest BCUT2D eigenvalue weighted by Crippen LogP contribution is 2.76. The monoisotopic (exact) mass is 1140 g/mol. The molecule has 5 aliphatic carbocycles. The highest BCUT2D eigenvalue weighted by atomic mass is 16.8. The molecule has 0 aromatic carbocycles. The van der Waals surface area contributed by atoms with Crippen LogP contribution in [0, 0.1) is 56.2 Å². The fraction of sp³-hybridized carbons (Fsp3) is 0.877. The van der Waals surface area contributed by atoms with Crippen molar-refractivity contribution in [3.63, 3.8) is 0 Å². The molecule has 80 heavy (non-hydrogen) atoms. The highest BCUT2D eigenvalue weighted by molar-refractivity contribution is 5.87. The van der Waals surface area contributed by atoms with Crippen molar-refractivity contribution < 1.29 is 114 Å². The molecule has 456 valence electrons. The lowest BCUT2D eigenvalue weighted by Gasteiger charge is -2.73. The molecule has 0 amide bonds. The van der Waals surface area contributed by atoms with Gasteiger partial charge in [0.05, 0.1) is 49.5 Å². The molecule has 8 rings (SSSR count). The van der Waals surface area contributed by atoms with E-state index in [2.05, 4.69) is 19.9 Å². The average Bonchev–Trinajstić information content (AvgIpc) is 3.81. The number of aliphatic hydroxyl groups is 11. The lowest BCUT2D eigenvalue weighted by atomic mass is 9.32. The molecule has 12 N–H and O–H groups in total. The predicted molar refractivity (Wildman–Crippen MR) is 277 cm³/mol. The quantitative estimate of drug-likeness (QED) is 0.0455. The summed E-state index contributed by atoms with van der Waals surface area (Å²) in [5.74, 6) is -4.40. The van der Waals surface area contributed by atoms with Gasteiger partial charge in [-0.3, -0.25) is 4.79 Å². The molecule has 23 nitrogen and oxygen atoms in total. The van der Waals surface area contributed by atoms with Crippen LogP contribution in [0.25, 0.3) is 0 Å². The summed E-state index contributed by atoms with van der Waals surface area (Å²) in [6.07, 6.45) is -24.9. The first kappa shape index (κ1) is 63.2. The second kappa shape index (κ2) is 22.9. The van der Waals surface area contributed by atoms with E-state index in [4.69, 9.17) is 37.9 Å². The number of aliphatic hydroxyl groups excluding tert-OH is 11. The Morgan fingerprint density at radius 1 is 0.713 bits per heavy atom. The normalized spacial score (nSPS) is 49.2. The van der Waals surface area contributed by atoms with Crippen LogP contribution in [0.1, 0.15) is 121 Å². The van der Waals surface area contributed by atoms with Gasteiger partial charge in [0.1, 0.15) is 67.1 Å². The van der Waals surface area contributed by atoms with E-state index in [0.29, 0.717) is 50.5 Å². The standard InChI is InChI=1S/C57H90O23/c1-12-24(3)47(71)79-44-45(80-48(72)25(4)13-2)57(23-60)27(20-52(44,5)6)26-14-15-31-54(9)18-17-32(53(7,8)30(54)16-19-55(31,10)56(26,11)42(67)43(57)68)75-51-41(78-50-37(65)35(63)33(61)28(21-58)73-50)39(38(66)40(77-51)46(69)70)76-49-36(64)34(62)29(22-59)74-49/h12,14,25,27-45,49-51,58-68H,13,15-23H2,1-11H3,(H,69,70)/b24-12-/t25?,27-,28+,29-,30-,31+,32-,33-,34-,35-,36+,37+,38-,39-,40-,41+,42-,43+,44-,45-,49-,50-,51+,54-,55+,56-,57-/m0/s1. The summed E-state index contributed by atoms with van der Waals surface area (Å²) in [7, 11) is 0. The first-order valence-corrected chi connectivity index (χ1v) is 28.5. The molecular weight excluding hydrogens is 1050 g/mol. The fourth-order valence-electron chi connectivity index (χ4n) is 16.3. The van der Waals surface area contributed by atoms with E-state index in [1.807, 2.05) is 41.5 Å². The van der Waals surface area contributed by atoms with Gasteiger partial charge in [0, 0.05) is 16.4 Å². The van der Waals surface area contributed by atoms with Crippen LogP contribution >= 0.6 is 0 Å². The van der Waals surface area contributed by atoms with E-state index < -0.39 is 199 Å². The lowest BCUT2D eigenvalue weighted by molar-refractivity contribution is -0.386. The second-order valence-electron chi connectivity index (χ2n) is 26.4. The molecule has 0 radical (unpaired) electrons. The molecular formula is C57H90O23. The maximum atomic E-state index is 13.9. The zero-order chi connectivity index (χ0) is 59.3. The summed E-state index contributed by atoms with van der Waals surface area (Å²) in [6, 6.07) is 0. The number of carboxylic acid groups (broad SMARTS) is 1. The maximum absolute atomic E-state index is 13.9. The van der Waals surface area contributed by atoms with Gasteiger partial charge in [0.2, 0.25) is 0 Å². The van der Waals surface area contributed by atoms with Gasteiger partial charge in [0.15, 0.2) is 31.1 Å². The Hall–Kier alpha value is -2.79. The number of allylic oxidation sites excluding steroid dienone is 2. The Kier molecular flexibility index (Phi) is 18.1. The predicted octanol–water partition coefficient (Wildman–Crippen LogP) is 0.343. The van der Waals surface area contributed by atoms with Crippen LogP contribution in [0.5, 0.6) is 0 Å². The van der Waals surface area contributed by atoms with Crippen LogP contribution in [0.15, 0.2) is 23.3 Å². The Labute approximate surface area is 467 Å². The molecule has 1 unspecified atom stereocenters. The first-order valence-electron chi connectivity index (χ1n) is 28.5. The zero-order valence-electron chi connectivity index (χ0n) is 47.9. The number of ether oxygens (including phenoxy) is 8. The first-order chi connectivity index (χ1) is 37.3. The van der Waals surface area contributed by atoms with Gasteiger partial charge in [-0.1, -0.05) is 80.0 Å². The molecule has 27 atom stereocenters. The number of hydrogen-bond acceptors (Lipinski definition) is 22. The molecule has 0 bridgehead atoms. The van der Waals surface area contributed by atoms with Crippen LogP contribution in [-0.2, 0) is 52.3 Å². The van der Waals surface area contributed by atoms with Crippen LogP contribution in [0.4, 0.5) is 0 Å². The van der Waals surface area contributed by atoms with E-state index in [0.717, 1.165) is 5.57 Å². The van der Waals surface area contributed by atoms with E-state index in [1.165, 1.54) is 0 Å². The van der Waals surface area contributed by atoms with Crippen LogP contribution in [0.3, 0.4) is 0 Å². The van der Waals surface area contributed by atoms with Crippen molar-refractivity contribution >= 4 is 17.9 Å². The van der Waals surface area contributed by atoms with Crippen molar-refractivity contribution in [3.8, 4) is 0 Å². The van der Waals surface area contributed by atoms with Crippen molar-refractivity contribution in [3.05, 3.63) is 23.3 Å². The van der Waals surface area contributed by atoms with E-state index in [9.17, 15) is 75.7 Å². The third kappa shape index (κ3) is 9.84. The zero-order valence-corrected chi connectivity index (χ0v) is 47.9. The topological polar surface area (TPSA) is 368 Å². The molecule has 7 fully saturated rings. The summed E-state index contributed by atoms with van der Waals surface area (Å²) in [5.41, 5.74) is -4.56. The largest absolute Gasteiger partial charge is 0.479 e. The van der Waals surface area contributed by atoms with Crippen LogP contribution in [0.2, 0.25) is 0 Å². The van der Waals surface area contributed by atoms with Crippen molar-refractivity contribution in [2.24, 2.45) is 56.2 Å². The molecule has 0 aromatic heterocycles. The number of esters is 2. The number of fused-ring (bicyclic) bond motifs is 7. The molecule has 4 saturated carbocycles. The molecule has 3 aliphatic heterocycles. The molecule has 23 heteroatoms. The molecule has 0 aromatic rings. The van der Waals surface area contributed by atoms with Gasteiger partial charge >= 0.3 is 17.9 Å². The molecule has 8 aliphatic rings. The third-order valence-corrected chi connectivity index (χ3v) is 21.6. The fourth-order valence-corrected chi connectivity index (χ4v) is 16.3. The Morgan fingerprint density at radius 3 is 1.86 bits per heavy atom. The van der Waals surface area contributed by atoms with Gasteiger partial charge in [-0.05, 0) is 92.8 Å². The third-order valence-electron chi connectivity index (χ3n) is 21.6. The summed E-state index contributed by atoms with van der Waals surface area (Å²) in [5, 5.41) is 134. The number of carbonyl (C=O) groups excluding carboxylic acids is 2. The minimum absolute atomic E-state index is 0.146. The van der Waals surface area contributed by atoms with E-state index in [-0.39, 0.29) is 11.8 Å². The van der Waals surface area contributed by atoms with Gasteiger partial charge < -0.3 is 99.2 Å². The second-order valence-corrected chi connectivity index (χ2v) is 26.4. The Bertz CT molecular complexity index is 2330. The Balaban J connectivity index is 1.14. The number of aliphatic carboxylic acids is 1. The van der Waals surface area contributed by atoms with Gasteiger partial charge in [0.25, 0.3) is 0 Å². The van der Waals surface area contributed by atoms with Crippen molar-refractivity contribution in [1.29, 1.82) is 0 Å². The highest BCUT2D eigenvalue weighted by Gasteiger charge is 2.76. The van der Waals surface area contributed by atoms with Gasteiger partial charge in [-0.2, -0.15) is 0 Å². The summed E-state index contributed by atoms with van der Waals surface area (Å²) < 4.78 is 49.1. The van der Waals surface area contributed by atoms with Crippen molar-refractivity contribution in [1.82, 2.24) is 0 Å². The van der Waals surface area contributed by atoms with Crippen LogP contribution < -0.4 is 0 Å². The Morgan fingerprint density at radius 2 is 1.30 bits per heavy atom. The maximum Gasteiger partial charge on any atom is 0.335 e. The van der Waals surface area contributed by atoms with Crippen LogP contribution in [-0.4, -0.2) is 216 Å². The summed E-state index contributed by atoms with van der Waals surface area (Å²) in [4.78, 5) is 40.4. The SMILES string of the molecule is C/C=C(/C)C(=O)O[C@H]1[C@H](OC(=O)C(C)CC)[C@]2(CO)[C@H](O)[C@H](O)[C@]3(C)C(=CC[C@@H]4[C@@]5(C)CC[C@H](O[C@@H]6O[C@H](C(=O)O)[C@@H](O)[C@H](O[C@@H]7O[C@@H](CO)[C@H](O)[C@H]7O)[C@H]6O[C@@H]6O[C@H](CO)[C@H](O)[C@H](O)[C@H]6O)C(C)(C)[C@@H]5CC[C@]43C)[C@@H]2CC1(C)C. The number of carboxylic acids is 1. The molecule has 0 spiro atoms. The molecule has 3 heterocycles. The minimum Gasteiger partial charge on any atom is -0.479 e. The van der Waals surface area contributed by atoms with E-state index in [1.54, 1.807) is 26.8 Å². The summed E-state index contributed by atoms with van der Waals surface area (Å²) in [6.45, 7) is 18.8. The van der Waals surface area contributed by atoms with Gasteiger partial charge in [-0.15, -0.1) is 0 Å².